The molecule has 4 rings (SSSR count). The first-order chi connectivity index (χ1) is 16.1. The number of carbonyl (C=O) groups excluding carboxylic acids is 1. The lowest BCUT2D eigenvalue weighted by molar-refractivity contribution is -0.114. The molecule has 13 heteroatoms. The van der Waals surface area contributed by atoms with Crippen LogP contribution in [0.3, 0.4) is 0 Å². The smallest absolute Gasteiger partial charge is 0.264 e. The van der Waals surface area contributed by atoms with E-state index >= 15 is 0 Å². The van der Waals surface area contributed by atoms with Crippen LogP contribution in [0, 0.1) is 0 Å². The normalized spacial score (nSPS) is 13.6. The van der Waals surface area contributed by atoms with Crippen LogP contribution in [-0.4, -0.2) is 61.4 Å². The maximum absolute atomic E-state index is 11.8. The molecule has 0 atom stereocenters. The number of hydrogen-bond donors (Lipinski definition) is 4. The lowest BCUT2D eigenvalue weighted by Gasteiger charge is -2.23. The van der Waals surface area contributed by atoms with Gasteiger partial charge in [-0.2, -0.15) is 18.0 Å². The van der Waals surface area contributed by atoms with Gasteiger partial charge in [-0.3, -0.25) is 8.98 Å². The summed E-state index contributed by atoms with van der Waals surface area (Å²) >= 11 is 0. The molecule has 34 heavy (non-hydrogen) atoms. The van der Waals surface area contributed by atoms with Gasteiger partial charge in [-0.05, 0) is 31.0 Å². The summed E-state index contributed by atoms with van der Waals surface area (Å²) in [6.45, 7) is 1.72. The Kier molecular flexibility index (Phi) is 6.48. The van der Waals surface area contributed by atoms with Crippen molar-refractivity contribution in [3.63, 3.8) is 0 Å². The van der Waals surface area contributed by atoms with Crippen LogP contribution >= 0.6 is 0 Å². The molecule has 5 N–H and O–H groups in total. The molecular weight excluding hydrogens is 460 g/mol. The number of nitrogens with two attached hydrogens (primary N) is 1. The third-order valence-electron chi connectivity index (χ3n) is 5.14. The molecule has 0 bridgehead atoms. The molecule has 1 saturated carbocycles. The SMILES string of the molecule is CC(=O)Nc1cc(Nc2cc(NC3CC3)n3ncc(N)c3n2)ccc1N(C)CCOS(C)(=O)=O. The zero-order valence-electron chi connectivity index (χ0n) is 19.2. The minimum atomic E-state index is -3.53. The first-order valence-corrected chi connectivity index (χ1v) is 12.6. The lowest BCUT2D eigenvalue weighted by Crippen LogP contribution is -2.25. The van der Waals surface area contributed by atoms with Gasteiger partial charge >= 0.3 is 0 Å². The summed E-state index contributed by atoms with van der Waals surface area (Å²) in [5.41, 5.74) is 9.01. The van der Waals surface area contributed by atoms with E-state index in [1.807, 2.05) is 18.2 Å². The second-order valence-corrected chi connectivity index (χ2v) is 9.91. The molecule has 2 aromatic heterocycles. The van der Waals surface area contributed by atoms with Gasteiger partial charge in [0.15, 0.2) is 5.65 Å². The van der Waals surface area contributed by atoms with Gasteiger partial charge in [-0.1, -0.05) is 0 Å². The number of benzene rings is 1. The molecule has 1 amide bonds. The Morgan fingerprint density at radius 1 is 1.32 bits per heavy atom. The molecule has 1 aromatic carbocycles. The van der Waals surface area contributed by atoms with Gasteiger partial charge in [0.2, 0.25) is 5.91 Å². The monoisotopic (exact) mass is 488 g/mol. The minimum Gasteiger partial charge on any atom is -0.394 e. The fourth-order valence-electron chi connectivity index (χ4n) is 3.41. The Morgan fingerprint density at radius 3 is 2.76 bits per heavy atom. The highest BCUT2D eigenvalue weighted by Gasteiger charge is 2.23. The van der Waals surface area contributed by atoms with E-state index in [0.717, 1.165) is 24.9 Å². The molecule has 182 valence electrons. The number of fused-ring (bicyclic) bond motifs is 1. The quantitative estimate of drug-likeness (QED) is 0.311. The van der Waals surface area contributed by atoms with Crippen molar-refractivity contribution < 1.29 is 17.4 Å². The van der Waals surface area contributed by atoms with Crippen molar-refractivity contribution in [2.75, 3.05) is 53.0 Å². The van der Waals surface area contributed by atoms with E-state index in [1.54, 1.807) is 28.7 Å². The summed E-state index contributed by atoms with van der Waals surface area (Å²) in [5.74, 6) is 1.12. The Labute approximate surface area is 197 Å². The van der Waals surface area contributed by atoms with E-state index in [0.29, 0.717) is 46.8 Å². The molecule has 2 heterocycles. The highest BCUT2D eigenvalue weighted by atomic mass is 32.2. The van der Waals surface area contributed by atoms with Crippen LogP contribution in [0.2, 0.25) is 0 Å². The average molecular weight is 489 g/mol. The zero-order chi connectivity index (χ0) is 24.5. The number of likely N-dealkylation sites (N-methyl/N-ethyl adjacent to an activating group) is 1. The van der Waals surface area contributed by atoms with Gasteiger partial charge in [-0.25, -0.2) is 4.98 Å². The summed E-state index contributed by atoms with van der Waals surface area (Å²) in [6, 6.07) is 7.72. The average Bonchev–Trinajstić information content (AvgIpc) is 3.47. The van der Waals surface area contributed by atoms with Crippen molar-refractivity contribution >= 4 is 56.1 Å². The summed E-state index contributed by atoms with van der Waals surface area (Å²) in [4.78, 5) is 18.2. The molecule has 1 aliphatic rings. The van der Waals surface area contributed by atoms with Gasteiger partial charge in [0.05, 0.1) is 36.1 Å². The summed E-state index contributed by atoms with van der Waals surface area (Å²) < 4.78 is 28.9. The predicted octanol–water partition coefficient (Wildman–Crippen LogP) is 2.00. The topological polar surface area (TPSA) is 156 Å². The van der Waals surface area contributed by atoms with E-state index in [-0.39, 0.29) is 12.5 Å². The van der Waals surface area contributed by atoms with E-state index in [2.05, 4.69) is 26.0 Å². The molecule has 0 aliphatic heterocycles. The zero-order valence-corrected chi connectivity index (χ0v) is 20.0. The number of anilines is 6. The Morgan fingerprint density at radius 2 is 2.09 bits per heavy atom. The van der Waals surface area contributed by atoms with Gasteiger partial charge in [-0.15, -0.1) is 0 Å². The van der Waals surface area contributed by atoms with Crippen LogP contribution in [0.25, 0.3) is 5.65 Å². The Balaban J connectivity index is 1.59. The largest absolute Gasteiger partial charge is 0.394 e. The van der Waals surface area contributed by atoms with Crippen molar-refractivity contribution in [1.29, 1.82) is 0 Å². The van der Waals surface area contributed by atoms with Gasteiger partial charge in [0, 0.05) is 38.3 Å². The third kappa shape index (κ3) is 5.85. The molecule has 0 radical (unpaired) electrons. The van der Waals surface area contributed by atoms with Crippen LogP contribution in [0.15, 0.2) is 30.5 Å². The van der Waals surface area contributed by atoms with Crippen molar-refractivity contribution in [3.8, 4) is 0 Å². The number of nitrogens with zero attached hydrogens (tertiary/aromatic N) is 4. The van der Waals surface area contributed by atoms with E-state index < -0.39 is 10.1 Å². The van der Waals surface area contributed by atoms with Crippen molar-refractivity contribution in [3.05, 3.63) is 30.5 Å². The second-order valence-electron chi connectivity index (χ2n) is 8.27. The van der Waals surface area contributed by atoms with E-state index in [1.165, 1.54) is 6.92 Å². The number of rotatable bonds is 10. The first-order valence-electron chi connectivity index (χ1n) is 10.7. The van der Waals surface area contributed by atoms with Crippen LogP contribution in [0.1, 0.15) is 19.8 Å². The second kappa shape index (κ2) is 9.35. The highest BCUT2D eigenvalue weighted by Crippen LogP contribution is 2.32. The summed E-state index contributed by atoms with van der Waals surface area (Å²) in [7, 11) is -1.74. The van der Waals surface area contributed by atoms with E-state index in [9.17, 15) is 13.2 Å². The number of hydrogen-bond acceptors (Lipinski definition) is 10. The van der Waals surface area contributed by atoms with Crippen LogP contribution in [-0.2, 0) is 19.1 Å². The third-order valence-corrected chi connectivity index (χ3v) is 5.74. The molecule has 1 aliphatic carbocycles. The van der Waals surface area contributed by atoms with Crippen LogP contribution in [0.5, 0.6) is 0 Å². The number of nitrogens with one attached hydrogen (secondary N) is 3. The maximum Gasteiger partial charge on any atom is 0.264 e. The van der Waals surface area contributed by atoms with Crippen molar-refractivity contribution in [1.82, 2.24) is 14.6 Å². The Hall–Kier alpha value is -3.58. The lowest BCUT2D eigenvalue weighted by atomic mass is 10.2. The fraction of sp³-hybridized carbons (Fsp3) is 0.381. The minimum absolute atomic E-state index is 0.0116. The molecule has 1 fully saturated rings. The molecule has 0 unspecified atom stereocenters. The molecule has 0 saturated heterocycles. The van der Waals surface area contributed by atoms with Crippen LogP contribution in [0.4, 0.5) is 34.4 Å². The fourth-order valence-corrected chi connectivity index (χ4v) is 3.79. The summed E-state index contributed by atoms with van der Waals surface area (Å²) in [6.07, 6.45) is 4.78. The standard InChI is InChI=1S/C21H28N8O4S/c1-13(30)24-17-10-15(6-7-18(17)28(2)8-9-33-34(3,31)32)25-19-11-20(26-14-4-5-14)29-21(27-19)16(22)12-23-29/h6-7,10-12,14,26H,4-5,8-9,22H2,1-3H3,(H,24,30)(H,25,27). The van der Waals surface area contributed by atoms with E-state index in [4.69, 9.17) is 9.92 Å². The summed E-state index contributed by atoms with van der Waals surface area (Å²) in [5, 5.41) is 13.8. The maximum atomic E-state index is 11.8. The number of amides is 1. The van der Waals surface area contributed by atoms with Gasteiger partial charge in [0.25, 0.3) is 10.1 Å². The van der Waals surface area contributed by atoms with Gasteiger partial charge < -0.3 is 26.6 Å². The van der Waals surface area contributed by atoms with Crippen LogP contribution < -0.4 is 26.6 Å². The number of carbonyl (C=O) groups is 1. The number of aromatic nitrogens is 3. The number of nitrogen functional groups attached to an aromatic ring is 1. The molecule has 12 nitrogen and oxygen atoms in total. The van der Waals surface area contributed by atoms with Gasteiger partial charge in [0.1, 0.15) is 11.6 Å². The van der Waals surface area contributed by atoms with Crippen molar-refractivity contribution in [2.45, 2.75) is 25.8 Å². The first kappa shape index (κ1) is 23.6. The molecule has 3 aromatic rings. The highest BCUT2D eigenvalue weighted by molar-refractivity contribution is 7.85. The van der Waals surface area contributed by atoms with Crippen molar-refractivity contribution in [2.24, 2.45) is 0 Å². The molecular formula is C21H28N8O4S. The molecule has 0 spiro atoms. The predicted molar refractivity (Wildman–Crippen MR) is 132 cm³/mol. The Bertz CT molecular complexity index is 1320.